The molecule has 0 heterocycles. The lowest BCUT2D eigenvalue weighted by Gasteiger charge is -2.70. The molecule has 4 unspecified atom stereocenters. The van der Waals surface area contributed by atoms with E-state index in [2.05, 4.69) is 41.5 Å². The molecule has 7 nitrogen and oxygen atoms in total. The van der Waals surface area contributed by atoms with Crippen LogP contribution in [0.3, 0.4) is 0 Å². The van der Waals surface area contributed by atoms with Crippen molar-refractivity contribution in [1.82, 2.24) is 0 Å². The molecular weight excluding hydrogens is 520 g/mol. The van der Waals surface area contributed by atoms with E-state index < -0.39 is 23.3 Å². The number of hydrogen-bond donors (Lipinski definition) is 1. The maximum absolute atomic E-state index is 14.4. The highest BCUT2D eigenvalue weighted by atomic mass is 16.5. The van der Waals surface area contributed by atoms with Crippen LogP contribution in [-0.2, 0) is 23.9 Å². The normalized spacial score (nSPS) is 46.6. The maximum Gasteiger partial charge on any atom is 0.306 e. The van der Waals surface area contributed by atoms with Crippen molar-refractivity contribution in [3.05, 3.63) is 11.6 Å². The molecule has 0 bridgehead atoms. The van der Waals surface area contributed by atoms with Gasteiger partial charge in [0.2, 0.25) is 0 Å². The van der Waals surface area contributed by atoms with E-state index in [9.17, 15) is 24.3 Å². The molecule has 0 aromatic rings. The summed E-state index contributed by atoms with van der Waals surface area (Å²) in [4.78, 5) is 50.1. The zero-order valence-corrected chi connectivity index (χ0v) is 26.1. The minimum Gasteiger partial charge on any atom is -0.550 e. The smallest absolute Gasteiger partial charge is 0.306 e. The number of carboxylic acids is 2. The van der Waals surface area contributed by atoms with Crippen molar-refractivity contribution in [1.29, 1.82) is 0 Å². The molecule has 4 fully saturated rings. The first-order chi connectivity index (χ1) is 18.8. The number of rotatable bonds is 5. The molecule has 9 atom stereocenters. The van der Waals surface area contributed by atoms with Gasteiger partial charge in [0.1, 0.15) is 6.10 Å². The van der Waals surface area contributed by atoms with Crippen LogP contribution in [-0.4, -0.2) is 34.9 Å². The Morgan fingerprint density at radius 3 is 2.22 bits per heavy atom. The molecule has 7 heteroatoms. The number of carboxylic acid groups (broad SMARTS) is 2. The molecule has 4 saturated carbocycles. The number of ketones is 1. The SMILES string of the molecule is CC1(C)C(OC(=O)CCC(=O)O)CC[C@@]2(C)C1CC[C@]1(C)C2C(=O)C=C2C3C[C@@](C)(C(=O)[O-])CC[C@]3(C)CC[C@]21C. The van der Waals surface area contributed by atoms with Gasteiger partial charge in [-0.15, -0.1) is 0 Å². The summed E-state index contributed by atoms with van der Waals surface area (Å²) in [6, 6.07) is 0. The van der Waals surface area contributed by atoms with Gasteiger partial charge in [0, 0.05) is 22.7 Å². The van der Waals surface area contributed by atoms with Gasteiger partial charge < -0.3 is 19.7 Å². The van der Waals surface area contributed by atoms with Crippen molar-refractivity contribution in [3.63, 3.8) is 0 Å². The van der Waals surface area contributed by atoms with E-state index in [1.807, 2.05) is 13.0 Å². The van der Waals surface area contributed by atoms with E-state index in [4.69, 9.17) is 9.84 Å². The molecule has 5 aliphatic carbocycles. The molecule has 0 aromatic heterocycles. The van der Waals surface area contributed by atoms with E-state index in [1.54, 1.807) is 0 Å². The molecule has 0 radical (unpaired) electrons. The van der Waals surface area contributed by atoms with Gasteiger partial charge in [-0.05, 0) is 97.4 Å². The van der Waals surface area contributed by atoms with Crippen molar-refractivity contribution in [2.45, 2.75) is 125 Å². The molecular formula is C34H49O7-. The summed E-state index contributed by atoms with van der Waals surface area (Å²) in [5, 5.41) is 21.2. The number of aliphatic carboxylic acids is 2. The van der Waals surface area contributed by atoms with Crippen LogP contribution in [0.4, 0.5) is 0 Å². The maximum atomic E-state index is 14.4. The molecule has 1 N–H and O–H groups in total. The van der Waals surface area contributed by atoms with E-state index >= 15 is 0 Å². The summed E-state index contributed by atoms with van der Waals surface area (Å²) in [5.41, 5.74) is -0.772. The third-order valence-corrected chi connectivity index (χ3v) is 13.8. The fraction of sp³-hybridized carbons (Fsp3) is 0.824. The number of hydrogen-bond acceptors (Lipinski definition) is 6. The van der Waals surface area contributed by atoms with Gasteiger partial charge in [0.25, 0.3) is 0 Å². The fourth-order valence-electron chi connectivity index (χ4n) is 11.0. The number of ether oxygens (including phenoxy) is 1. The summed E-state index contributed by atoms with van der Waals surface area (Å²) in [6.07, 6.45) is 8.53. The molecule has 0 amide bonds. The number of fused-ring (bicyclic) bond motifs is 7. The molecule has 0 saturated heterocycles. The lowest BCUT2D eigenvalue weighted by molar-refractivity contribution is -0.321. The summed E-state index contributed by atoms with van der Waals surface area (Å²) < 4.78 is 5.90. The van der Waals surface area contributed by atoms with Crippen LogP contribution in [0.2, 0.25) is 0 Å². The summed E-state index contributed by atoms with van der Waals surface area (Å²) in [5.74, 6) is -2.20. The van der Waals surface area contributed by atoms with Gasteiger partial charge in [0.05, 0.1) is 12.8 Å². The highest BCUT2D eigenvalue weighted by Crippen LogP contribution is 2.75. The Morgan fingerprint density at radius 2 is 1.59 bits per heavy atom. The van der Waals surface area contributed by atoms with E-state index in [0.29, 0.717) is 19.3 Å². The molecule has 0 aliphatic heterocycles. The standard InChI is InChI=1S/C34H50O7/c1-29(2)23-10-13-34(7)27(32(23,5)12-11-24(29)41-26(38)9-8-25(36)37)22(35)18-20-21-19-31(4,28(39)40)15-14-30(21,3)16-17-33(20,34)6/h18,21,23-24,27H,8-17,19H2,1-7H3,(H,36,37)(H,39,40)/p-1/t21?,23?,24?,27?,30-,31+,32+,33-,34-/m1/s1. The van der Waals surface area contributed by atoms with Gasteiger partial charge in [-0.2, -0.15) is 0 Å². The Labute approximate surface area is 244 Å². The van der Waals surface area contributed by atoms with Gasteiger partial charge >= 0.3 is 11.9 Å². The lowest BCUT2D eigenvalue weighted by atomic mass is 9.33. The van der Waals surface area contributed by atoms with E-state index in [1.165, 1.54) is 5.57 Å². The van der Waals surface area contributed by atoms with Crippen LogP contribution in [0, 0.1) is 50.2 Å². The molecule has 0 aromatic carbocycles. The second-order valence-electron chi connectivity index (χ2n) is 16.3. The zero-order valence-electron chi connectivity index (χ0n) is 26.1. The first kappa shape index (κ1) is 30.3. The third kappa shape index (κ3) is 4.25. The first-order valence-corrected chi connectivity index (χ1v) is 15.7. The van der Waals surface area contributed by atoms with Crippen molar-refractivity contribution < 1.29 is 34.1 Å². The predicted octanol–water partition coefficient (Wildman–Crippen LogP) is 5.49. The monoisotopic (exact) mass is 569 g/mol. The van der Waals surface area contributed by atoms with Crippen LogP contribution in [0.1, 0.15) is 119 Å². The second-order valence-corrected chi connectivity index (χ2v) is 16.3. The number of esters is 1. The van der Waals surface area contributed by atoms with Crippen molar-refractivity contribution >= 4 is 23.7 Å². The Morgan fingerprint density at radius 1 is 0.927 bits per heavy atom. The van der Waals surface area contributed by atoms with Gasteiger partial charge in [-0.1, -0.05) is 54.0 Å². The van der Waals surface area contributed by atoms with Gasteiger partial charge in [0.15, 0.2) is 5.78 Å². The summed E-state index contributed by atoms with van der Waals surface area (Å²) in [7, 11) is 0. The number of carbonyl (C=O) groups excluding carboxylic acids is 3. The Bertz CT molecular complexity index is 1200. The predicted molar refractivity (Wildman–Crippen MR) is 151 cm³/mol. The second kappa shape index (κ2) is 9.41. The minimum atomic E-state index is -1.01. The highest BCUT2D eigenvalue weighted by Gasteiger charge is 2.70. The highest BCUT2D eigenvalue weighted by molar-refractivity contribution is 5.95. The van der Waals surface area contributed by atoms with E-state index in [0.717, 1.165) is 38.5 Å². The van der Waals surface area contributed by atoms with Crippen LogP contribution in [0.25, 0.3) is 0 Å². The third-order valence-electron chi connectivity index (χ3n) is 13.8. The minimum absolute atomic E-state index is 0.00451. The molecule has 5 rings (SSSR count). The van der Waals surface area contributed by atoms with Crippen LogP contribution in [0.15, 0.2) is 11.6 Å². The fourth-order valence-corrected chi connectivity index (χ4v) is 11.0. The lowest BCUT2D eigenvalue weighted by Crippen LogP contribution is -2.67. The average molecular weight is 570 g/mol. The van der Waals surface area contributed by atoms with Crippen LogP contribution in [0.5, 0.6) is 0 Å². The van der Waals surface area contributed by atoms with E-state index in [-0.39, 0.29) is 69.6 Å². The number of allylic oxidation sites excluding steroid dienone is 2. The molecule has 5 aliphatic rings. The van der Waals surface area contributed by atoms with Crippen LogP contribution < -0.4 is 5.11 Å². The Hall–Kier alpha value is -2.18. The molecule has 41 heavy (non-hydrogen) atoms. The van der Waals surface area contributed by atoms with Gasteiger partial charge in [-0.25, -0.2) is 0 Å². The van der Waals surface area contributed by atoms with Gasteiger partial charge in [-0.3, -0.25) is 14.4 Å². The largest absolute Gasteiger partial charge is 0.550 e. The first-order valence-electron chi connectivity index (χ1n) is 15.7. The van der Waals surface area contributed by atoms with Crippen molar-refractivity contribution in [3.8, 4) is 0 Å². The van der Waals surface area contributed by atoms with Crippen molar-refractivity contribution in [2.75, 3.05) is 0 Å². The topological polar surface area (TPSA) is 121 Å². The summed E-state index contributed by atoms with van der Waals surface area (Å²) in [6.45, 7) is 15.4. The number of carbonyl (C=O) groups is 4. The molecule has 228 valence electrons. The van der Waals surface area contributed by atoms with Crippen LogP contribution >= 0.6 is 0 Å². The Kier molecular flexibility index (Phi) is 6.95. The molecule has 0 spiro atoms. The van der Waals surface area contributed by atoms with Crippen molar-refractivity contribution in [2.24, 2.45) is 50.2 Å². The summed E-state index contributed by atoms with van der Waals surface area (Å²) >= 11 is 0. The Balaban J connectivity index is 1.49. The quantitative estimate of drug-likeness (QED) is 0.434. The zero-order chi connectivity index (χ0) is 30.4. The average Bonchev–Trinajstić information content (AvgIpc) is 2.86.